The number of methoxy groups -OCH3 is 2. The van der Waals surface area contributed by atoms with Gasteiger partial charge in [0.05, 0.1) is 19.1 Å². The van der Waals surface area contributed by atoms with Gasteiger partial charge in [-0.2, -0.15) is 4.31 Å². The van der Waals surface area contributed by atoms with Gasteiger partial charge in [0.15, 0.2) is 0 Å². The molecule has 0 saturated carbocycles. The lowest BCUT2D eigenvalue weighted by atomic mass is 10.0. The summed E-state index contributed by atoms with van der Waals surface area (Å²) in [5, 5.41) is 2.93. The quantitative estimate of drug-likeness (QED) is 0.499. The van der Waals surface area contributed by atoms with Crippen LogP contribution in [0, 0.1) is 0 Å². The molecule has 0 unspecified atom stereocenters. The minimum atomic E-state index is -3.48. The Hall–Kier alpha value is -3.36. The fraction of sp³-hybridized carbons (Fsp3) is 0.296. The molecule has 8 heteroatoms. The van der Waals surface area contributed by atoms with Gasteiger partial charge in [0.25, 0.3) is 5.91 Å². The molecule has 4 rings (SSSR count). The lowest BCUT2D eigenvalue weighted by Gasteiger charge is -2.25. The Morgan fingerprint density at radius 1 is 0.886 bits per heavy atom. The Bertz CT molecular complexity index is 1280. The first kappa shape index (κ1) is 24.8. The van der Waals surface area contributed by atoms with E-state index >= 15 is 0 Å². The fourth-order valence-electron chi connectivity index (χ4n) is 4.21. The number of piperidine rings is 1. The summed E-state index contributed by atoms with van der Waals surface area (Å²) in [5.41, 5.74) is 2.99. The normalized spacial score (nSPS) is 14.3. The van der Waals surface area contributed by atoms with Gasteiger partial charge < -0.3 is 14.8 Å². The van der Waals surface area contributed by atoms with Gasteiger partial charge in [-0.3, -0.25) is 4.79 Å². The van der Waals surface area contributed by atoms with E-state index in [0.29, 0.717) is 35.0 Å². The predicted molar refractivity (Wildman–Crippen MR) is 135 cm³/mol. The van der Waals surface area contributed by atoms with E-state index < -0.39 is 10.0 Å². The van der Waals surface area contributed by atoms with Crippen LogP contribution in [0.3, 0.4) is 0 Å². The molecule has 0 aromatic heterocycles. The number of ether oxygens (including phenoxy) is 2. The number of hydrogen-bond acceptors (Lipinski definition) is 5. The fourth-order valence-corrected chi connectivity index (χ4v) is 5.73. The molecular formula is C27H30N2O5S. The second kappa shape index (κ2) is 10.9. The van der Waals surface area contributed by atoms with Crippen LogP contribution in [0.15, 0.2) is 71.6 Å². The van der Waals surface area contributed by atoms with Crippen LogP contribution >= 0.6 is 0 Å². The Kier molecular flexibility index (Phi) is 7.73. The minimum absolute atomic E-state index is 0.221. The smallest absolute Gasteiger partial charge is 0.251 e. The van der Waals surface area contributed by atoms with Crippen LogP contribution in [0.4, 0.5) is 0 Å². The molecule has 1 aliphatic rings. The van der Waals surface area contributed by atoms with Gasteiger partial charge >= 0.3 is 0 Å². The molecule has 0 radical (unpaired) electrons. The average molecular weight is 495 g/mol. The summed E-state index contributed by atoms with van der Waals surface area (Å²) >= 11 is 0. The van der Waals surface area contributed by atoms with Gasteiger partial charge in [-0.15, -0.1) is 0 Å². The summed E-state index contributed by atoms with van der Waals surface area (Å²) in [6.07, 6.45) is 2.87. The standard InChI is InChI=1S/C27H30N2O5S/c1-33-24-11-14-26(34-2)23(18-24)19-28-27(30)22-8-6-7-21(17-22)20-9-12-25(13-10-20)35(31,32)29-15-4-3-5-16-29/h6-14,17-18H,3-5,15-16,19H2,1-2H3,(H,28,30). The maximum Gasteiger partial charge on any atom is 0.251 e. The molecule has 1 amide bonds. The average Bonchev–Trinajstić information content (AvgIpc) is 2.92. The maximum absolute atomic E-state index is 12.9. The van der Waals surface area contributed by atoms with Crippen molar-refractivity contribution >= 4 is 15.9 Å². The molecule has 0 aliphatic carbocycles. The van der Waals surface area contributed by atoms with Gasteiger partial charge in [-0.25, -0.2) is 8.42 Å². The number of benzene rings is 3. The third-order valence-corrected chi connectivity index (χ3v) is 8.11. The Labute approximate surface area is 206 Å². The molecule has 1 aliphatic heterocycles. The van der Waals surface area contributed by atoms with E-state index in [4.69, 9.17) is 9.47 Å². The van der Waals surface area contributed by atoms with Crippen molar-refractivity contribution in [2.75, 3.05) is 27.3 Å². The number of carbonyl (C=O) groups is 1. The van der Waals surface area contributed by atoms with E-state index in [1.165, 1.54) is 0 Å². The summed E-state index contributed by atoms with van der Waals surface area (Å²) in [6, 6.07) is 19.5. The number of nitrogens with zero attached hydrogens (tertiary/aromatic N) is 1. The highest BCUT2D eigenvalue weighted by molar-refractivity contribution is 7.89. The van der Waals surface area contributed by atoms with Crippen molar-refractivity contribution in [2.24, 2.45) is 0 Å². The molecule has 0 spiro atoms. The molecule has 35 heavy (non-hydrogen) atoms. The largest absolute Gasteiger partial charge is 0.497 e. The topological polar surface area (TPSA) is 84.9 Å². The summed E-state index contributed by atoms with van der Waals surface area (Å²) in [4.78, 5) is 13.1. The molecule has 1 saturated heterocycles. The van der Waals surface area contributed by atoms with Crippen molar-refractivity contribution in [3.05, 3.63) is 77.9 Å². The maximum atomic E-state index is 12.9. The molecule has 0 bridgehead atoms. The summed E-state index contributed by atoms with van der Waals surface area (Å²) in [5.74, 6) is 1.13. The van der Waals surface area contributed by atoms with Crippen molar-refractivity contribution in [2.45, 2.75) is 30.7 Å². The first-order chi connectivity index (χ1) is 16.9. The number of hydrogen-bond donors (Lipinski definition) is 1. The molecule has 7 nitrogen and oxygen atoms in total. The summed E-state index contributed by atoms with van der Waals surface area (Å²) < 4.78 is 38.0. The van der Waals surface area contributed by atoms with Gasteiger partial charge in [0, 0.05) is 30.8 Å². The molecule has 1 N–H and O–H groups in total. The number of nitrogens with one attached hydrogen (secondary N) is 1. The monoisotopic (exact) mass is 494 g/mol. The Morgan fingerprint density at radius 2 is 1.63 bits per heavy atom. The molecule has 1 heterocycles. The molecule has 3 aromatic rings. The summed E-state index contributed by atoms with van der Waals surface area (Å²) in [7, 11) is -0.306. The van der Waals surface area contributed by atoms with Crippen LogP contribution in [0.2, 0.25) is 0 Å². The first-order valence-electron chi connectivity index (χ1n) is 11.6. The van der Waals surface area contributed by atoms with Gasteiger partial charge in [-0.1, -0.05) is 30.7 Å². The highest BCUT2D eigenvalue weighted by Crippen LogP contribution is 2.26. The van der Waals surface area contributed by atoms with Crippen LogP contribution < -0.4 is 14.8 Å². The lowest BCUT2D eigenvalue weighted by molar-refractivity contribution is 0.0950. The number of amides is 1. The van der Waals surface area contributed by atoms with Crippen LogP contribution in [-0.4, -0.2) is 45.9 Å². The van der Waals surface area contributed by atoms with Gasteiger partial charge in [-0.05, 0) is 66.4 Å². The second-order valence-corrected chi connectivity index (χ2v) is 10.4. The van der Waals surface area contributed by atoms with Crippen molar-refractivity contribution in [3.8, 4) is 22.6 Å². The van der Waals surface area contributed by atoms with Crippen molar-refractivity contribution in [1.82, 2.24) is 9.62 Å². The van der Waals surface area contributed by atoms with E-state index in [1.54, 1.807) is 67.1 Å². The van der Waals surface area contributed by atoms with Gasteiger partial charge in [0.1, 0.15) is 11.5 Å². The third-order valence-electron chi connectivity index (χ3n) is 6.19. The first-order valence-corrected chi connectivity index (χ1v) is 13.1. The third kappa shape index (κ3) is 5.66. The number of carbonyl (C=O) groups excluding carboxylic acids is 1. The van der Waals surface area contributed by atoms with Crippen LogP contribution in [0.1, 0.15) is 35.2 Å². The van der Waals surface area contributed by atoms with Crippen LogP contribution in [0.5, 0.6) is 11.5 Å². The molecule has 1 fully saturated rings. The zero-order valence-electron chi connectivity index (χ0n) is 20.0. The number of rotatable bonds is 8. The number of sulfonamides is 1. The highest BCUT2D eigenvalue weighted by atomic mass is 32.2. The van der Waals surface area contributed by atoms with E-state index in [1.807, 2.05) is 18.2 Å². The second-order valence-electron chi connectivity index (χ2n) is 8.43. The van der Waals surface area contributed by atoms with E-state index in [-0.39, 0.29) is 12.5 Å². The van der Waals surface area contributed by atoms with Crippen molar-refractivity contribution in [3.63, 3.8) is 0 Å². The van der Waals surface area contributed by atoms with E-state index in [9.17, 15) is 13.2 Å². The van der Waals surface area contributed by atoms with Gasteiger partial charge in [0.2, 0.25) is 10.0 Å². The summed E-state index contributed by atoms with van der Waals surface area (Å²) in [6.45, 7) is 1.43. The van der Waals surface area contributed by atoms with Crippen molar-refractivity contribution < 1.29 is 22.7 Å². The molecule has 3 aromatic carbocycles. The molecule has 0 atom stereocenters. The van der Waals surface area contributed by atoms with Crippen molar-refractivity contribution in [1.29, 1.82) is 0 Å². The Balaban J connectivity index is 1.47. The van der Waals surface area contributed by atoms with E-state index in [0.717, 1.165) is 36.0 Å². The minimum Gasteiger partial charge on any atom is -0.497 e. The van der Waals surface area contributed by atoms with E-state index in [2.05, 4.69) is 5.32 Å². The predicted octanol–water partition coefficient (Wildman–Crippen LogP) is 4.48. The molecular weight excluding hydrogens is 464 g/mol. The molecule has 184 valence electrons. The highest BCUT2D eigenvalue weighted by Gasteiger charge is 2.25. The van der Waals surface area contributed by atoms with Crippen LogP contribution in [0.25, 0.3) is 11.1 Å². The SMILES string of the molecule is COc1ccc(OC)c(CNC(=O)c2cccc(-c3ccc(S(=O)(=O)N4CCCCC4)cc3)c2)c1. The lowest BCUT2D eigenvalue weighted by Crippen LogP contribution is -2.35. The Morgan fingerprint density at radius 3 is 2.31 bits per heavy atom. The van der Waals surface area contributed by atoms with Crippen LogP contribution in [-0.2, 0) is 16.6 Å². The zero-order valence-corrected chi connectivity index (χ0v) is 20.8. The zero-order chi connectivity index (χ0) is 24.8.